The predicted molar refractivity (Wildman–Crippen MR) is 89.2 cm³/mol. The number of hydrogen-bond donors (Lipinski definition) is 0. The van der Waals surface area contributed by atoms with Gasteiger partial charge in [0, 0.05) is 16.6 Å². The van der Waals surface area contributed by atoms with Crippen molar-refractivity contribution in [1.29, 1.82) is 0 Å². The van der Waals surface area contributed by atoms with Crippen LogP contribution in [0.4, 0.5) is 0 Å². The molecule has 2 heterocycles. The topological polar surface area (TPSA) is 17.3 Å². The number of fused-ring (bicyclic) bond motifs is 4. The van der Waals surface area contributed by atoms with Crippen molar-refractivity contribution in [3.8, 4) is 0 Å². The summed E-state index contributed by atoms with van der Waals surface area (Å²) in [6.45, 7) is 8.67. The summed E-state index contributed by atoms with van der Waals surface area (Å²) in [7, 11) is 0. The van der Waals surface area contributed by atoms with E-state index in [1.807, 2.05) is 0 Å². The molecule has 0 aliphatic heterocycles. The average molecular weight is 274 g/mol. The fourth-order valence-electron chi connectivity index (χ4n) is 3.29. The van der Waals surface area contributed by atoms with Crippen LogP contribution >= 0.6 is 0 Å². The first-order valence-corrected chi connectivity index (χ1v) is 7.35. The van der Waals surface area contributed by atoms with Crippen molar-refractivity contribution in [2.45, 2.75) is 27.7 Å². The highest BCUT2D eigenvalue weighted by molar-refractivity contribution is 5.95. The monoisotopic (exact) mass is 274 g/mol. The number of aromatic nitrogens is 2. The first-order valence-electron chi connectivity index (χ1n) is 7.35. The number of rotatable bonds is 0. The van der Waals surface area contributed by atoms with Crippen molar-refractivity contribution in [3.63, 3.8) is 0 Å². The molecule has 0 aliphatic rings. The Morgan fingerprint density at radius 1 is 0.857 bits per heavy atom. The lowest BCUT2D eigenvalue weighted by molar-refractivity contribution is 1.14. The fraction of sp³-hybridized carbons (Fsp3) is 0.211. The molecular weight excluding hydrogens is 256 g/mol. The van der Waals surface area contributed by atoms with Crippen LogP contribution in [-0.2, 0) is 0 Å². The summed E-state index contributed by atoms with van der Waals surface area (Å²) in [6, 6.07) is 13.0. The quantitative estimate of drug-likeness (QED) is 0.447. The Labute approximate surface area is 124 Å². The summed E-state index contributed by atoms with van der Waals surface area (Å²) in [5.41, 5.74) is 8.49. The van der Waals surface area contributed by atoms with E-state index >= 15 is 0 Å². The van der Waals surface area contributed by atoms with Gasteiger partial charge < -0.3 is 0 Å². The van der Waals surface area contributed by atoms with Crippen molar-refractivity contribution in [3.05, 3.63) is 58.8 Å². The molecular formula is C19H18N2. The van der Waals surface area contributed by atoms with E-state index in [0.717, 1.165) is 11.2 Å². The van der Waals surface area contributed by atoms with E-state index in [9.17, 15) is 0 Å². The fourth-order valence-corrected chi connectivity index (χ4v) is 3.29. The van der Waals surface area contributed by atoms with E-state index in [2.05, 4.69) is 68.5 Å². The van der Waals surface area contributed by atoms with Gasteiger partial charge in [-0.3, -0.25) is 4.40 Å². The molecule has 0 spiro atoms. The number of imidazole rings is 1. The maximum absolute atomic E-state index is 4.89. The van der Waals surface area contributed by atoms with Gasteiger partial charge >= 0.3 is 0 Å². The zero-order valence-corrected chi connectivity index (χ0v) is 12.9. The van der Waals surface area contributed by atoms with Gasteiger partial charge in [0.2, 0.25) is 0 Å². The van der Waals surface area contributed by atoms with Crippen molar-refractivity contribution in [1.82, 2.24) is 9.38 Å². The second-order valence-electron chi connectivity index (χ2n) is 5.95. The van der Waals surface area contributed by atoms with E-state index in [0.29, 0.717) is 0 Å². The van der Waals surface area contributed by atoms with Crippen LogP contribution in [0.25, 0.3) is 27.5 Å². The Balaban J connectivity index is 2.34. The molecule has 0 atom stereocenters. The van der Waals surface area contributed by atoms with Gasteiger partial charge in [-0.05, 0) is 56.3 Å². The van der Waals surface area contributed by atoms with Crippen molar-refractivity contribution in [2.75, 3.05) is 0 Å². The molecule has 0 unspecified atom stereocenters. The maximum atomic E-state index is 4.89. The molecule has 0 amide bonds. The molecule has 0 saturated heterocycles. The first kappa shape index (κ1) is 12.4. The van der Waals surface area contributed by atoms with Crippen LogP contribution in [0.2, 0.25) is 0 Å². The minimum Gasteiger partial charge on any atom is -0.296 e. The second kappa shape index (κ2) is 4.08. The molecule has 0 saturated carbocycles. The van der Waals surface area contributed by atoms with Crippen molar-refractivity contribution in [2.24, 2.45) is 0 Å². The maximum Gasteiger partial charge on any atom is 0.141 e. The van der Waals surface area contributed by atoms with Crippen LogP contribution in [0.5, 0.6) is 0 Å². The minimum atomic E-state index is 1.08. The second-order valence-corrected chi connectivity index (χ2v) is 5.95. The molecule has 104 valence electrons. The zero-order valence-electron chi connectivity index (χ0n) is 12.9. The van der Waals surface area contributed by atoms with Gasteiger partial charge in [0.25, 0.3) is 0 Å². The number of pyridine rings is 1. The lowest BCUT2D eigenvalue weighted by Crippen LogP contribution is -1.96. The van der Waals surface area contributed by atoms with Gasteiger partial charge in [-0.2, -0.15) is 0 Å². The van der Waals surface area contributed by atoms with E-state index in [4.69, 9.17) is 4.98 Å². The smallest absolute Gasteiger partial charge is 0.141 e. The summed E-state index contributed by atoms with van der Waals surface area (Å²) < 4.78 is 2.30. The predicted octanol–water partition coefficient (Wildman–Crippen LogP) is 4.87. The van der Waals surface area contributed by atoms with E-state index < -0.39 is 0 Å². The summed E-state index contributed by atoms with van der Waals surface area (Å²) in [6.07, 6.45) is 0. The van der Waals surface area contributed by atoms with Gasteiger partial charge in [0.15, 0.2) is 0 Å². The summed E-state index contributed by atoms with van der Waals surface area (Å²) in [5.74, 6) is 0. The molecule has 2 aromatic carbocycles. The highest BCUT2D eigenvalue weighted by atomic mass is 15.0. The number of benzene rings is 2. The molecule has 4 rings (SSSR count). The van der Waals surface area contributed by atoms with Crippen LogP contribution in [0, 0.1) is 27.7 Å². The molecule has 0 radical (unpaired) electrons. The number of nitrogens with zero attached hydrogens (tertiary/aromatic N) is 2. The summed E-state index contributed by atoms with van der Waals surface area (Å²) >= 11 is 0. The van der Waals surface area contributed by atoms with E-state index in [-0.39, 0.29) is 0 Å². The van der Waals surface area contributed by atoms with Gasteiger partial charge in [-0.25, -0.2) is 4.98 Å². The zero-order chi connectivity index (χ0) is 14.7. The van der Waals surface area contributed by atoms with E-state index in [1.165, 1.54) is 38.7 Å². The molecule has 2 nitrogen and oxygen atoms in total. The highest BCUT2D eigenvalue weighted by Gasteiger charge is 2.14. The Bertz CT molecular complexity index is 1020. The molecule has 2 heteroatoms. The SMILES string of the molecule is Cc1cc2nc3c(C)c4ccccc4c(C)n3c2cc1C. The Morgan fingerprint density at radius 2 is 1.52 bits per heavy atom. The molecule has 0 aliphatic carbocycles. The molecule has 0 fully saturated rings. The number of hydrogen-bond acceptors (Lipinski definition) is 1. The summed E-state index contributed by atoms with van der Waals surface area (Å²) in [4.78, 5) is 4.89. The lowest BCUT2D eigenvalue weighted by atomic mass is 10.1. The van der Waals surface area contributed by atoms with Crippen LogP contribution in [0.1, 0.15) is 22.4 Å². The van der Waals surface area contributed by atoms with Gasteiger partial charge in [0.1, 0.15) is 5.65 Å². The molecule has 0 bridgehead atoms. The van der Waals surface area contributed by atoms with Gasteiger partial charge in [0.05, 0.1) is 11.0 Å². The number of aryl methyl sites for hydroxylation is 4. The largest absolute Gasteiger partial charge is 0.296 e. The minimum absolute atomic E-state index is 1.08. The van der Waals surface area contributed by atoms with E-state index in [1.54, 1.807) is 0 Å². The third-order valence-electron chi connectivity index (χ3n) is 4.66. The van der Waals surface area contributed by atoms with Gasteiger partial charge in [-0.15, -0.1) is 0 Å². The molecule has 21 heavy (non-hydrogen) atoms. The molecule has 4 aromatic rings. The lowest BCUT2D eigenvalue weighted by Gasteiger charge is -2.10. The normalized spacial score (nSPS) is 11.8. The molecule has 2 aromatic heterocycles. The Hall–Kier alpha value is -2.35. The highest BCUT2D eigenvalue weighted by Crippen LogP contribution is 2.30. The van der Waals surface area contributed by atoms with Crippen LogP contribution < -0.4 is 0 Å². The van der Waals surface area contributed by atoms with Gasteiger partial charge in [-0.1, -0.05) is 24.3 Å². The standard InChI is InChI=1S/C19H18N2/c1-11-9-17-18(10-12(11)2)21-14(4)16-8-6-5-7-15(16)13(3)19(21)20-17/h5-10H,1-4H3. The van der Waals surface area contributed by atoms with Crippen molar-refractivity contribution < 1.29 is 0 Å². The van der Waals surface area contributed by atoms with Crippen LogP contribution in [-0.4, -0.2) is 9.38 Å². The Morgan fingerprint density at radius 3 is 2.29 bits per heavy atom. The Kier molecular flexibility index (Phi) is 2.41. The van der Waals surface area contributed by atoms with Crippen LogP contribution in [0.3, 0.4) is 0 Å². The third-order valence-corrected chi connectivity index (χ3v) is 4.66. The average Bonchev–Trinajstić information content (AvgIpc) is 2.84. The first-order chi connectivity index (χ1) is 10.1. The molecule has 0 N–H and O–H groups in total. The van der Waals surface area contributed by atoms with Crippen molar-refractivity contribution >= 4 is 27.5 Å². The van der Waals surface area contributed by atoms with Crippen LogP contribution in [0.15, 0.2) is 36.4 Å². The third kappa shape index (κ3) is 1.56. The summed E-state index contributed by atoms with van der Waals surface area (Å²) in [5, 5.41) is 2.60.